The predicted octanol–water partition coefficient (Wildman–Crippen LogP) is 4.60. The van der Waals surface area contributed by atoms with Crippen LogP contribution in [0.5, 0.6) is 0 Å². The Kier molecular flexibility index (Phi) is 5.36. The number of carbonyl (C=O) groups is 1. The average Bonchev–Trinajstić information content (AvgIpc) is 3.42. The largest absolute Gasteiger partial charge is 0.451 e. The summed E-state index contributed by atoms with van der Waals surface area (Å²) in [6.45, 7) is 3.86. The van der Waals surface area contributed by atoms with Crippen molar-refractivity contribution in [1.29, 1.82) is 0 Å². The van der Waals surface area contributed by atoms with E-state index in [0.717, 1.165) is 37.3 Å². The second-order valence-electron chi connectivity index (χ2n) is 7.31. The zero-order valence-electron chi connectivity index (χ0n) is 16.4. The highest BCUT2D eigenvalue weighted by Crippen LogP contribution is 2.33. The molecule has 1 saturated heterocycles. The molecule has 30 heavy (non-hydrogen) atoms. The van der Waals surface area contributed by atoms with E-state index in [9.17, 15) is 18.0 Å². The van der Waals surface area contributed by atoms with Gasteiger partial charge in [-0.2, -0.15) is 13.2 Å². The second kappa shape index (κ2) is 7.97. The molecule has 0 saturated carbocycles. The highest BCUT2D eigenvalue weighted by Gasteiger charge is 2.31. The van der Waals surface area contributed by atoms with E-state index in [0.29, 0.717) is 13.1 Å². The first-order chi connectivity index (χ1) is 14.4. The smallest absolute Gasteiger partial charge is 0.416 e. The molecule has 0 radical (unpaired) electrons. The number of benzene rings is 1. The number of hydrogen-bond donors (Lipinski definition) is 0. The van der Waals surface area contributed by atoms with Crippen LogP contribution in [0.15, 0.2) is 47.1 Å². The number of likely N-dealkylation sites (tertiary alicyclic amines) is 1. The van der Waals surface area contributed by atoms with Crippen LogP contribution in [-0.2, 0) is 12.7 Å². The van der Waals surface area contributed by atoms with Gasteiger partial charge >= 0.3 is 6.18 Å². The molecule has 0 spiro atoms. The predicted molar refractivity (Wildman–Crippen MR) is 103 cm³/mol. The number of halogens is 3. The Morgan fingerprint density at radius 1 is 1.27 bits per heavy atom. The minimum absolute atomic E-state index is 0.0862. The van der Waals surface area contributed by atoms with Gasteiger partial charge in [-0.3, -0.25) is 4.79 Å². The molecule has 3 heterocycles. The quantitative estimate of drug-likeness (QED) is 0.621. The minimum Gasteiger partial charge on any atom is -0.451 e. The van der Waals surface area contributed by atoms with Crippen molar-refractivity contribution in [3.05, 3.63) is 59.9 Å². The fraction of sp³-hybridized carbons (Fsp3) is 0.381. The SMILES string of the molecule is CCn1cnnc1C1CCCN(C(=O)c2ccc(-c3cccc(C(F)(F)F)c3)o2)C1. The van der Waals surface area contributed by atoms with Crippen molar-refractivity contribution in [2.24, 2.45) is 0 Å². The van der Waals surface area contributed by atoms with Gasteiger partial charge in [0.05, 0.1) is 5.56 Å². The molecule has 1 amide bonds. The van der Waals surface area contributed by atoms with Crippen LogP contribution in [0.1, 0.15) is 47.6 Å². The molecule has 1 aromatic carbocycles. The van der Waals surface area contributed by atoms with Crippen LogP contribution in [0.25, 0.3) is 11.3 Å². The van der Waals surface area contributed by atoms with Gasteiger partial charge in [-0.1, -0.05) is 12.1 Å². The molecule has 3 aromatic rings. The summed E-state index contributed by atoms with van der Waals surface area (Å²) < 4.78 is 46.5. The van der Waals surface area contributed by atoms with Crippen LogP contribution in [0.4, 0.5) is 13.2 Å². The molecule has 1 unspecified atom stereocenters. The van der Waals surface area contributed by atoms with Crippen LogP contribution in [0, 0.1) is 0 Å². The summed E-state index contributed by atoms with van der Waals surface area (Å²) in [4.78, 5) is 14.7. The molecule has 9 heteroatoms. The first-order valence-electron chi connectivity index (χ1n) is 9.81. The van der Waals surface area contributed by atoms with Gasteiger partial charge in [-0.15, -0.1) is 10.2 Å². The van der Waals surface area contributed by atoms with E-state index in [1.54, 1.807) is 11.2 Å². The lowest BCUT2D eigenvalue weighted by Gasteiger charge is -2.31. The number of hydrogen-bond acceptors (Lipinski definition) is 4. The lowest BCUT2D eigenvalue weighted by atomic mass is 9.97. The summed E-state index contributed by atoms with van der Waals surface area (Å²) in [5.74, 6) is 1.01. The number of carbonyl (C=O) groups excluding carboxylic acids is 1. The molecule has 2 aromatic heterocycles. The van der Waals surface area contributed by atoms with Crippen LogP contribution < -0.4 is 0 Å². The molecule has 4 rings (SSSR count). The number of aryl methyl sites for hydroxylation is 1. The maximum atomic E-state index is 13.0. The van der Waals surface area contributed by atoms with Gasteiger partial charge in [-0.05, 0) is 44.0 Å². The minimum atomic E-state index is -4.44. The number of alkyl halides is 3. The van der Waals surface area contributed by atoms with Gasteiger partial charge in [0, 0.05) is 31.1 Å². The fourth-order valence-corrected chi connectivity index (χ4v) is 3.81. The first kappa shape index (κ1) is 20.2. The van der Waals surface area contributed by atoms with Crippen LogP contribution in [0.2, 0.25) is 0 Å². The van der Waals surface area contributed by atoms with Crippen LogP contribution in [0.3, 0.4) is 0 Å². The summed E-state index contributed by atoms with van der Waals surface area (Å²) in [6.07, 6.45) is -1.02. The Labute approximate surface area is 171 Å². The van der Waals surface area contributed by atoms with Crippen molar-refractivity contribution in [3.8, 4) is 11.3 Å². The monoisotopic (exact) mass is 418 g/mol. The highest BCUT2D eigenvalue weighted by molar-refractivity contribution is 5.92. The van der Waals surface area contributed by atoms with Crippen molar-refractivity contribution in [1.82, 2.24) is 19.7 Å². The zero-order chi connectivity index (χ0) is 21.3. The second-order valence-corrected chi connectivity index (χ2v) is 7.31. The van der Waals surface area contributed by atoms with E-state index < -0.39 is 11.7 Å². The summed E-state index contributed by atoms with van der Waals surface area (Å²) >= 11 is 0. The van der Waals surface area contributed by atoms with E-state index in [1.807, 2.05) is 11.5 Å². The third kappa shape index (κ3) is 3.96. The number of rotatable bonds is 4. The van der Waals surface area contributed by atoms with Crippen molar-refractivity contribution in [3.63, 3.8) is 0 Å². The first-order valence-corrected chi connectivity index (χ1v) is 9.81. The Morgan fingerprint density at radius 3 is 2.87 bits per heavy atom. The molecule has 0 bridgehead atoms. The highest BCUT2D eigenvalue weighted by atomic mass is 19.4. The van der Waals surface area contributed by atoms with E-state index in [-0.39, 0.29) is 28.9 Å². The van der Waals surface area contributed by atoms with E-state index >= 15 is 0 Å². The number of nitrogens with zero attached hydrogens (tertiary/aromatic N) is 4. The lowest BCUT2D eigenvalue weighted by Crippen LogP contribution is -2.39. The summed E-state index contributed by atoms with van der Waals surface area (Å²) in [6, 6.07) is 7.90. The van der Waals surface area contributed by atoms with Gasteiger partial charge in [0.15, 0.2) is 5.76 Å². The third-order valence-corrected chi connectivity index (χ3v) is 5.35. The van der Waals surface area contributed by atoms with Crippen molar-refractivity contribution in [2.45, 2.75) is 38.4 Å². The number of furan rings is 1. The number of aromatic nitrogens is 3. The van der Waals surface area contributed by atoms with Crippen molar-refractivity contribution < 1.29 is 22.4 Å². The normalized spacial score (nSPS) is 17.3. The molecule has 0 aliphatic carbocycles. The maximum Gasteiger partial charge on any atom is 0.416 e. The van der Waals surface area contributed by atoms with Gasteiger partial charge in [0.25, 0.3) is 5.91 Å². The van der Waals surface area contributed by atoms with E-state index in [2.05, 4.69) is 10.2 Å². The summed E-state index contributed by atoms with van der Waals surface area (Å²) in [5.41, 5.74) is -0.486. The Hall–Kier alpha value is -3.10. The van der Waals surface area contributed by atoms with Gasteiger partial charge in [0.1, 0.15) is 17.9 Å². The lowest BCUT2D eigenvalue weighted by molar-refractivity contribution is -0.137. The summed E-state index contributed by atoms with van der Waals surface area (Å²) in [5, 5.41) is 8.18. The van der Waals surface area contributed by atoms with Gasteiger partial charge in [0.2, 0.25) is 0 Å². The van der Waals surface area contributed by atoms with E-state index in [1.165, 1.54) is 24.3 Å². The zero-order valence-corrected chi connectivity index (χ0v) is 16.4. The Balaban J connectivity index is 1.52. The molecule has 158 valence electrons. The molecule has 0 N–H and O–H groups in total. The molecular formula is C21H21F3N4O2. The van der Waals surface area contributed by atoms with Crippen LogP contribution >= 0.6 is 0 Å². The van der Waals surface area contributed by atoms with Crippen molar-refractivity contribution in [2.75, 3.05) is 13.1 Å². The maximum absolute atomic E-state index is 13.0. The number of piperidine rings is 1. The Morgan fingerprint density at radius 2 is 2.10 bits per heavy atom. The molecular weight excluding hydrogens is 397 g/mol. The molecule has 1 aliphatic rings. The molecule has 1 aliphatic heterocycles. The Bertz CT molecular complexity index is 1040. The average molecular weight is 418 g/mol. The van der Waals surface area contributed by atoms with Crippen LogP contribution in [-0.4, -0.2) is 38.7 Å². The molecule has 6 nitrogen and oxygen atoms in total. The fourth-order valence-electron chi connectivity index (χ4n) is 3.81. The van der Waals surface area contributed by atoms with Crippen molar-refractivity contribution >= 4 is 5.91 Å². The summed E-state index contributed by atoms with van der Waals surface area (Å²) in [7, 11) is 0. The van der Waals surface area contributed by atoms with E-state index in [4.69, 9.17) is 4.42 Å². The van der Waals surface area contributed by atoms with Gasteiger partial charge < -0.3 is 13.9 Å². The molecule has 1 atom stereocenters. The third-order valence-electron chi connectivity index (χ3n) is 5.35. The van der Waals surface area contributed by atoms with Gasteiger partial charge in [-0.25, -0.2) is 0 Å². The topological polar surface area (TPSA) is 64.2 Å². The molecule has 1 fully saturated rings. The standard InChI is InChI=1S/C21H21F3N4O2/c1-2-27-13-25-26-19(27)15-6-4-10-28(12-15)20(29)18-9-8-17(30-18)14-5-3-7-16(11-14)21(22,23)24/h3,5,7-9,11,13,15H,2,4,6,10,12H2,1H3. The number of amides is 1.